The zero-order valence-electron chi connectivity index (χ0n) is 15.8. The lowest BCUT2D eigenvalue weighted by Gasteiger charge is -2.23. The van der Waals surface area contributed by atoms with Gasteiger partial charge in [-0.25, -0.2) is 0 Å². The third-order valence-corrected chi connectivity index (χ3v) is 3.68. The fourth-order valence-electron chi connectivity index (χ4n) is 2.43. The lowest BCUT2D eigenvalue weighted by Crippen LogP contribution is -2.35. The van der Waals surface area contributed by atoms with Gasteiger partial charge in [0.2, 0.25) is 0 Å². The van der Waals surface area contributed by atoms with Gasteiger partial charge in [-0.15, -0.1) is 0 Å². The van der Waals surface area contributed by atoms with Crippen LogP contribution in [-0.2, 0) is 10.4 Å². The third-order valence-electron chi connectivity index (χ3n) is 3.68. The molecule has 0 saturated heterocycles. The van der Waals surface area contributed by atoms with E-state index in [9.17, 15) is 0 Å². The Bertz CT molecular complexity index is 329. The molecule has 0 atom stereocenters. The van der Waals surface area contributed by atoms with Crippen LogP contribution in [0.1, 0.15) is 84.0 Å². The Labute approximate surface area is 144 Å². The van der Waals surface area contributed by atoms with Crippen molar-refractivity contribution < 1.29 is 22.0 Å². The lowest BCUT2D eigenvalue weighted by atomic mass is 10.1. The first-order chi connectivity index (χ1) is 10.6. The van der Waals surface area contributed by atoms with Crippen LogP contribution in [0.25, 0.3) is 0 Å². The largest absolute Gasteiger partial charge is 0.394 e. The zero-order valence-corrected chi connectivity index (χ0v) is 16.6. The number of rotatable bonds is 13. The summed E-state index contributed by atoms with van der Waals surface area (Å²) in [6.45, 7) is 3.62. The van der Waals surface area contributed by atoms with E-state index in [2.05, 4.69) is 28.1 Å². The second-order valence-corrected chi connectivity index (χ2v) is 8.25. The number of unbranched alkanes of at least 4 members (excludes halogenated alkanes) is 11. The van der Waals surface area contributed by atoms with Gasteiger partial charge in [0, 0.05) is 0 Å². The molecule has 0 aliphatic carbocycles. The van der Waals surface area contributed by atoms with Gasteiger partial charge in [0.15, 0.2) is 0 Å². The molecule has 5 nitrogen and oxygen atoms in total. The molecule has 0 rings (SSSR count). The summed E-state index contributed by atoms with van der Waals surface area (Å²) >= 11 is 0. The quantitative estimate of drug-likeness (QED) is 0.284. The van der Waals surface area contributed by atoms with E-state index in [4.69, 9.17) is 17.5 Å². The molecule has 23 heavy (non-hydrogen) atoms. The van der Waals surface area contributed by atoms with Crippen molar-refractivity contribution in [2.45, 2.75) is 84.0 Å². The predicted molar refractivity (Wildman–Crippen MR) is 98.2 cm³/mol. The number of hydrogen-bond acceptors (Lipinski definition) is 2. The minimum absolute atomic E-state index is 1.12. The summed E-state index contributed by atoms with van der Waals surface area (Å²) < 4.78 is 32.7. The molecule has 0 fully saturated rings. The average molecular weight is 355 g/mol. The van der Waals surface area contributed by atoms with E-state index in [0.717, 1.165) is 4.48 Å². The van der Waals surface area contributed by atoms with Crippen LogP contribution in [0.4, 0.5) is 0 Å². The molecule has 0 aromatic heterocycles. The Morgan fingerprint density at radius 1 is 0.652 bits per heavy atom. The summed E-state index contributed by atoms with van der Waals surface area (Å²) in [5.74, 6) is 0. The van der Waals surface area contributed by atoms with Gasteiger partial charge in [-0.1, -0.05) is 71.1 Å². The SMILES string of the molecule is CCCCCCCCCCCCCC[N+](C)(C)C.O=S(=O)(O)O. The van der Waals surface area contributed by atoms with Crippen molar-refractivity contribution in [3.05, 3.63) is 0 Å². The fraction of sp³-hybridized carbons (Fsp3) is 1.00. The van der Waals surface area contributed by atoms with Gasteiger partial charge in [0.25, 0.3) is 0 Å². The molecule has 0 radical (unpaired) electrons. The highest BCUT2D eigenvalue weighted by atomic mass is 32.3. The topological polar surface area (TPSA) is 74.6 Å². The molecule has 0 saturated carbocycles. The van der Waals surface area contributed by atoms with Gasteiger partial charge in [0.1, 0.15) is 0 Å². The molecular weight excluding hydrogens is 314 g/mol. The van der Waals surface area contributed by atoms with Crippen molar-refractivity contribution in [1.82, 2.24) is 0 Å². The molecule has 2 N–H and O–H groups in total. The van der Waals surface area contributed by atoms with Gasteiger partial charge in [0.05, 0.1) is 27.7 Å². The highest BCUT2D eigenvalue weighted by molar-refractivity contribution is 7.79. The molecule has 0 heterocycles. The minimum atomic E-state index is -4.67. The Kier molecular flexibility index (Phi) is 16.7. The molecule has 0 amide bonds. The summed E-state index contributed by atoms with van der Waals surface area (Å²) in [6, 6.07) is 0. The van der Waals surface area contributed by atoms with E-state index in [1.54, 1.807) is 0 Å². The molecular formula is C17H40NO4S+. The maximum atomic E-state index is 8.74. The second kappa shape index (κ2) is 15.4. The van der Waals surface area contributed by atoms with Gasteiger partial charge < -0.3 is 4.48 Å². The highest BCUT2D eigenvalue weighted by Crippen LogP contribution is 2.12. The molecule has 0 unspecified atom stereocenters. The van der Waals surface area contributed by atoms with E-state index in [0.29, 0.717) is 0 Å². The highest BCUT2D eigenvalue weighted by Gasteiger charge is 2.04. The summed E-state index contributed by atoms with van der Waals surface area (Å²) in [7, 11) is 2.20. The maximum Gasteiger partial charge on any atom is 0.394 e. The smallest absolute Gasteiger partial charge is 0.331 e. The van der Waals surface area contributed by atoms with E-state index in [1.165, 1.54) is 83.6 Å². The van der Waals surface area contributed by atoms with Crippen molar-refractivity contribution in [3.63, 3.8) is 0 Å². The Morgan fingerprint density at radius 3 is 1.17 bits per heavy atom. The molecule has 0 spiro atoms. The van der Waals surface area contributed by atoms with E-state index < -0.39 is 10.4 Å². The Balaban J connectivity index is 0. The molecule has 0 aliphatic heterocycles. The van der Waals surface area contributed by atoms with Crippen LogP contribution < -0.4 is 0 Å². The maximum absolute atomic E-state index is 8.74. The van der Waals surface area contributed by atoms with Crippen LogP contribution in [0.5, 0.6) is 0 Å². The number of hydrogen-bond donors (Lipinski definition) is 2. The molecule has 0 aliphatic rings. The molecule has 0 aromatic carbocycles. The molecule has 0 bridgehead atoms. The summed E-state index contributed by atoms with van der Waals surface area (Å²) in [4.78, 5) is 0. The van der Waals surface area contributed by atoms with Crippen LogP contribution in [-0.4, -0.2) is 49.7 Å². The van der Waals surface area contributed by atoms with Crippen LogP contribution in [0.2, 0.25) is 0 Å². The van der Waals surface area contributed by atoms with Crippen LogP contribution in [0.15, 0.2) is 0 Å². The Morgan fingerprint density at radius 2 is 0.913 bits per heavy atom. The van der Waals surface area contributed by atoms with Crippen molar-refractivity contribution >= 4 is 10.4 Å². The molecule has 0 aromatic rings. The van der Waals surface area contributed by atoms with E-state index in [-0.39, 0.29) is 0 Å². The van der Waals surface area contributed by atoms with Gasteiger partial charge in [-0.05, 0) is 12.8 Å². The van der Waals surface area contributed by atoms with Crippen molar-refractivity contribution in [1.29, 1.82) is 0 Å². The van der Waals surface area contributed by atoms with Gasteiger partial charge in [-0.2, -0.15) is 8.42 Å². The standard InChI is InChI=1S/C17H38N.H2O4S/c1-5-6-7-8-9-10-11-12-13-14-15-16-17-18(2,3)4;1-5(2,3)4/h5-17H2,1-4H3;(H2,1,2,3,4)/q+1;. The van der Waals surface area contributed by atoms with Crippen LogP contribution >= 0.6 is 0 Å². The number of quaternary nitrogens is 1. The first kappa shape index (κ1) is 25.1. The van der Waals surface area contributed by atoms with E-state index in [1.807, 2.05) is 0 Å². The van der Waals surface area contributed by atoms with Crippen molar-refractivity contribution in [2.24, 2.45) is 0 Å². The third kappa shape index (κ3) is 39.0. The van der Waals surface area contributed by atoms with Crippen molar-refractivity contribution in [3.8, 4) is 0 Å². The summed E-state index contributed by atoms with van der Waals surface area (Å²) in [5, 5.41) is 0. The van der Waals surface area contributed by atoms with Crippen LogP contribution in [0, 0.1) is 0 Å². The number of nitrogens with zero attached hydrogens (tertiary/aromatic N) is 1. The molecule has 142 valence electrons. The fourth-order valence-corrected chi connectivity index (χ4v) is 2.43. The van der Waals surface area contributed by atoms with Crippen LogP contribution in [0.3, 0.4) is 0 Å². The first-order valence-electron chi connectivity index (χ1n) is 9.06. The average Bonchev–Trinajstić information content (AvgIpc) is 2.37. The predicted octanol–water partition coefficient (Wildman–Crippen LogP) is 4.74. The monoisotopic (exact) mass is 354 g/mol. The van der Waals surface area contributed by atoms with Crippen molar-refractivity contribution in [2.75, 3.05) is 27.7 Å². The first-order valence-corrected chi connectivity index (χ1v) is 10.5. The molecule has 6 heteroatoms. The summed E-state index contributed by atoms with van der Waals surface area (Å²) in [5.41, 5.74) is 0. The van der Waals surface area contributed by atoms with Gasteiger partial charge >= 0.3 is 10.4 Å². The van der Waals surface area contributed by atoms with Gasteiger partial charge in [-0.3, -0.25) is 9.11 Å². The minimum Gasteiger partial charge on any atom is -0.331 e. The normalized spacial score (nSPS) is 11.9. The van der Waals surface area contributed by atoms with E-state index >= 15 is 0 Å². The lowest BCUT2D eigenvalue weighted by molar-refractivity contribution is -0.870. The summed E-state index contributed by atoms with van der Waals surface area (Å²) in [6.07, 6.45) is 17.4. The second-order valence-electron chi connectivity index (χ2n) is 7.35. The zero-order chi connectivity index (χ0) is 18.2. The Hall–Kier alpha value is -0.170.